The first kappa shape index (κ1) is 11.5. The molecule has 2 aromatic carbocycles. The maximum atomic E-state index is 11.0. The number of aryl methyl sites for hydroxylation is 1. The summed E-state index contributed by atoms with van der Waals surface area (Å²) >= 11 is 0. The van der Waals surface area contributed by atoms with Crippen LogP contribution in [-0.4, -0.2) is 16.1 Å². The normalized spacial score (nSPS) is 10.8. The fourth-order valence-electron chi connectivity index (χ4n) is 2.12. The van der Waals surface area contributed by atoms with E-state index in [2.05, 4.69) is 4.98 Å². The van der Waals surface area contributed by atoms with Crippen LogP contribution < -0.4 is 0 Å². The van der Waals surface area contributed by atoms with Crippen LogP contribution in [0.4, 0.5) is 0 Å². The van der Waals surface area contributed by atoms with E-state index in [0.29, 0.717) is 11.6 Å². The Morgan fingerprint density at radius 2 is 1.89 bits per heavy atom. The van der Waals surface area contributed by atoms with E-state index in [4.69, 9.17) is 9.52 Å². The SMILES string of the molecule is Cc1nc(-c2cccc3ccccc23)oc1C(=O)O. The van der Waals surface area contributed by atoms with E-state index in [0.717, 1.165) is 16.3 Å². The molecule has 94 valence electrons. The van der Waals surface area contributed by atoms with Gasteiger partial charge in [0.15, 0.2) is 0 Å². The molecule has 0 atom stereocenters. The van der Waals surface area contributed by atoms with Gasteiger partial charge in [-0.15, -0.1) is 0 Å². The minimum Gasteiger partial charge on any atom is -0.475 e. The summed E-state index contributed by atoms with van der Waals surface area (Å²) in [6, 6.07) is 13.6. The van der Waals surface area contributed by atoms with Crippen molar-refractivity contribution in [1.29, 1.82) is 0 Å². The molecule has 1 N–H and O–H groups in total. The van der Waals surface area contributed by atoms with E-state index < -0.39 is 5.97 Å². The van der Waals surface area contributed by atoms with Gasteiger partial charge in [0.1, 0.15) is 0 Å². The summed E-state index contributed by atoms with van der Waals surface area (Å²) in [6.07, 6.45) is 0. The first-order valence-electron chi connectivity index (χ1n) is 5.85. The smallest absolute Gasteiger partial charge is 0.373 e. The van der Waals surface area contributed by atoms with Gasteiger partial charge in [0.05, 0.1) is 5.69 Å². The van der Waals surface area contributed by atoms with Crippen LogP contribution in [0.15, 0.2) is 46.9 Å². The zero-order chi connectivity index (χ0) is 13.4. The number of benzene rings is 2. The Balaban J connectivity index is 2.25. The average Bonchev–Trinajstić information content (AvgIpc) is 2.80. The molecule has 0 aliphatic rings. The lowest BCUT2D eigenvalue weighted by atomic mass is 10.0. The molecule has 0 amide bonds. The van der Waals surface area contributed by atoms with Crippen LogP contribution in [0, 0.1) is 6.92 Å². The van der Waals surface area contributed by atoms with Crippen LogP contribution in [-0.2, 0) is 0 Å². The van der Waals surface area contributed by atoms with Gasteiger partial charge in [0.25, 0.3) is 0 Å². The number of oxazole rings is 1. The van der Waals surface area contributed by atoms with Gasteiger partial charge in [-0.05, 0) is 23.8 Å². The van der Waals surface area contributed by atoms with Gasteiger partial charge in [-0.2, -0.15) is 0 Å². The molecule has 0 unspecified atom stereocenters. The molecule has 4 nitrogen and oxygen atoms in total. The number of rotatable bonds is 2. The molecule has 19 heavy (non-hydrogen) atoms. The molecule has 3 aromatic rings. The molecule has 3 rings (SSSR count). The topological polar surface area (TPSA) is 63.3 Å². The molecule has 1 aromatic heterocycles. The Hall–Kier alpha value is -2.62. The molecule has 0 aliphatic heterocycles. The second kappa shape index (κ2) is 4.24. The highest BCUT2D eigenvalue weighted by Crippen LogP contribution is 2.29. The van der Waals surface area contributed by atoms with Crippen molar-refractivity contribution in [2.75, 3.05) is 0 Å². The van der Waals surface area contributed by atoms with Crippen molar-refractivity contribution in [2.24, 2.45) is 0 Å². The van der Waals surface area contributed by atoms with Crippen molar-refractivity contribution < 1.29 is 14.3 Å². The van der Waals surface area contributed by atoms with Crippen LogP contribution in [0.3, 0.4) is 0 Å². The van der Waals surface area contributed by atoms with E-state index in [9.17, 15) is 4.79 Å². The third-order valence-electron chi connectivity index (χ3n) is 3.01. The number of carboxylic acids is 1. The van der Waals surface area contributed by atoms with Gasteiger partial charge >= 0.3 is 5.97 Å². The van der Waals surface area contributed by atoms with Crippen LogP contribution in [0.1, 0.15) is 16.2 Å². The number of nitrogens with zero attached hydrogens (tertiary/aromatic N) is 1. The van der Waals surface area contributed by atoms with Gasteiger partial charge in [-0.1, -0.05) is 36.4 Å². The molecule has 1 heterocycles. The van der Waals surface area contributed by atoms with Crippen molar-refractivity contribution in [1.82, 2.24) is 4.98 Å². The summed E-state index contributed by atoms with van der Waals surface area (Å²) < 4.78 is 5.36. The monoisotopic (exact) mass is 253 g/mol. The predicted molar refractivity (Wildman–Crippen MR) is 71.1 cm³/mol. The maximum Gasteiger partial charge on any atom is 0.373 e. The molecule has 0 aliphatic carbocycles. The molecular formula is C15H11NO3. The highest BCUT2D eigenvalue weighted by molar-refractivity contribution is 5.95. The lowest BCUT2D eigenvalue weighted by Crippen LogP contribution is -1.95. The molecule has 0 saturated heterocycles. The summed E-state index contributed by atoms with van der Waals surface area (Å²) in [4.78, 5) is 15.2. The van der Waals surface area contributed by atoms with Gasteiger partial charge in [-0.3, -0.25) is 0 Å². The summed E-state index contributed by atoms with van der Waals surface area (Å²) in [6.45, 7) is 1.63. The molecule has 0 fully saturated rings. The number of carboxylic acid groups (broad SMARTS) is 1. The minimum atomic E-state index is -1.10. The van der Waals surface area contributed by atoms with Crippen LogP contribution in [0.5, 0.6) is 0 Å². The van der Waals surface area contributed by atoms with Gasteiger partial charge in [0.2, 0.25) is 11.7 Å². The quantitative estimate of drug-likeness (QED) is 0.759. The number of fused-ring (bicyclic) bond motifs is 1. The number of aromatic nitrogens is 1. The highest BCUT2D eigenvalue weighted by atomic mass is 16.4. The van der Waals surface area contributed by atoms with Gasteiger partial charge in [-0.25, -0.2) is 9.78 Å². The van der Waals surface area contributed by atoms with E-state index in [-0.39, 0.29) is 5.76 Å². The highest BCUT2D eigenvalue weighted by Gasteiger charge is 2.18. The standard InChI is InChI=1S/C15H11NO3/c1-9-13(15(17)18)19-14(16-9)12-8-4-6-10-5-2-3-7-11(10)12/h2-8H,1H3,(H,17,18). The van der Waals surface area contributed by atoms with Crippen molar-refractivity contribution in [3.8, 4) is 11.5 Å². The Morgan fingerprint density at radius 3 is 2.63 bits per heavy atom. The van der Waals surface area contributed by atoms with Crippen molar-refractivity contribution >= 4 is 16.7 Å². The molecule has 0 spiro atoms. The van der Waals surface area contributed by atoms with Crippen molar-refractivity contribution in [3.05, 3.63) is 53.9 Å². The van der Waals surface area contributed by atoms with Crippen LogP contribution in [0.25, 0.3) is 22.2 Å². The molecule has 0 bridgehead atoms. The molecular weight excluding hydrogens is 242 g/mol. The van der Waals surface area contributed by atoms with E-state index in [1.165, 1.54) is 0 Å². The Labute approximate surface area is 109 Å². The zero-order valence-electron chi connectivity index (χ0n) is 10.3. The first-order valence-corrected chi connectivity index (χ1v) is 5.85. The predicted octanol–water partition coefficient (Wildman–Crippen LogP) is 3.50. The number of hydrogen-bond donors (Lipinski definition) is 1. The Kier molecular flexibility index (Phi) is 2.56. The van der Waals surface area contributed by atoms with E-state index in [1.54, 1.807) is 6.92 Å². The minimum absolute atomic E-state index is 0.108. The van der Waals surface area contributed by atoms with Gasteiger partial charge < -0.3 is 9.52 Å². The second-order valence-corrected chi connectivity index (χ2v) is 4.27. The first-order chi connectivity index (χ1) is 9.16. The fourth-order valence-corrected chi connectivity index (χ4v) is 2.12. The van der Waals surface area contributed by atoms with E-state index >= 15 is 0 Å². The molecule has 0 saturated carbocycles. The lowest BCUT2D eigenvalue weighted by Gasteiger charge is -2.02. The maximum absolute atomic E-state index is 11.0. The van der Waals surface area contributed by atoms with Gasteiger partial charge in [0, 0.05) is 5.56 Å². The largest absolute Gasteiger partial charge is 0.475 e. The van der Waals surface area contributed by atoms with Crippen LogP contribution >= 0.6 is 0 Å². The Morgan fingerprint density at radius 1 is 1.16 bits per heavy atom. The number of aromatic carboxylic acids is 1. The Bertz CT molecular complexity index is 769. The van der Waals surface area contributed by atoms with E-state index in [1.807, 2.05) is 42.5 Å². The second-order valence-electron chi connectivity index (χ2n) is 4.27. The third-order valence-corrected chi connectivity index (χ3v) is 3.01. The lowest BCUT2D eigenvalue weighted by molar-refractivity contribution is 0.0662. The number of hydrogen-bond acceptors (Lipinski definition) is 3. The molecule has 4 heteroatoms. The zero-order valence-corrected chi connectivity index (χ0v) is 10.3. The van der Waals surface area contributed by atoms with Crippen LogP contribution in [0.2, 0.25) is 0 Å². The molecule has 0 radical (unpaired) electrons. The fraction of sp³-hybridized carbons (Fsp3) is 0.0667. The third kappa shape index (κ3) is 1.87. The van der Waals surface area contributed by atoms with Crippen molar-refractivity contribution in [3.63, 3.8) is 0 Å². The summed E-state index contributed by atoms with van der Waals surface area (Å²) in [5.74, 6) is -0.869. The summed E-state index contributed by atoms with van der Waals surface area (Å²) in [5, 5.41) is 11.1. The number of carbonyl (C=O) groups is 1. The van der Waals surface area contributed by atoms with Crippen molar-refractivity contribution in [2.45, 2.75) is 6.92 Å². The summed E-state index contributed by atoms with van der Waals surface area (Å²) in [7, 11) is 0. The average molecular weight is 253 g/mol. The summed E-state index contributed by atoms with van der Waals surface area (Å²) in [5.41, 5.74) is 1.18.